The third-order valence-electron chi connectivity index (χ3n) is 3.53. The van der Waals surface area contributed by atoms with Crippen molar-refractivity contribution >= 4 is 17.7 Å². The molecule has 0 radical (unpaired) electrons. The monoisotopic (exact) mass is 307 g/mol. The van der Waals surface area contributed by atoms with E-state index in [1.54, 1.807) is 24.8 Å². The third-order valence-corrected chi connectivity index (χ3v) is 4.57. The Morgan fingerprint density at radius 1 is 1.52 bits per heavy atom. The molecule has 112 valence electrons. The van der Waals surface area contributed by atoms with Crippen molar-refractivity contribution in [3.8, 4) is 0 Å². The predicted octanol–water partition coefficient (Wildman–Crippen LogP) is 2.67. The minimum Gasteiger partial charge on any atom is -0.465 e. The first-order valence-corrected chi connectivity index (χ1v) is 7.78. The molecule has 0 saturated heterocycles. The molecule has 2 aromatic rings. The molecule has 0 atom stereocenters. The highest BCUT2D eigenvalue weighted by atomic mass is 32.2. The number of methoxy groups -OCH3 is 1. The first-order chi connectivity index (χ1) is 10.1. The molecular formula is C14H17N3O3S. The van der Waals surface area contributed by atoms with Crippen LogP contribution in [0.1, 0.15) is 46.5 Å². The van der Waals surface area contributed by atoms with Gasteiger partial charge in [0, 0.05) is 13.0 Å². The van der Waals surface area contributed by atoms with E-state index in [4.69, 9.17) is 9.15 Å². The number of carbonyl (C=O) groups excluding carboxylic acids is 1. The normalized spacial score (nSPS) is 14.4. The molecule has 1 aliphatic carbocycles. The van der Waals surface area contributed by atoms with Gasteiger partial charge in [-0.1, -0.05) is 11.8 Å². The molecule has 0 aliphatic heterocycles. The maximum atomic E-state index is 11.5. The molecule has 1 saturated carbocycles. The van der Waals surface area contributed by atoms with E-state index in [0.29, 0.717) is 23.0 Å². The van der Waals surface area contributed by atoms with Gasteiger partial charge in [-0.05, 0) is 25.8 Å². The van der Waals surface area contributed by atoms with Crippen LogP contribution in [0.3, 0.4) is 0 Å². The summed E-state index contributed by atoms with van der Waals surface area (Å²) in [6.45, 7) is 1.76. The summed E-state index contributed by atoms with van der Waals surface area (Å²) < 4.78 is 12.3. The Hall–Kier alpha value is -1.76. The minimum absolute atomic E-state index is 0.373. The molecule has 0 bridgehead atoms. The van der Waals surface area contributed by atoms with Crippen molar-refractivity contribution in [2.24, 2.45) is 7.05 Å². The highest BCUT2D eigenvalue weighted by Gasteiger charge is 2.29. The van der Waals surface area contributed by atoms with Gasteiger partial charge in [0.1, 0.15) is 22.9 Å². The van der Waals surface area contributed by atoms with Crippen LogP contribution in [0.5, 0.6) is 0 Å². The van der Waals surface area contributed by atoms with E-state index in [9.17, 15) is 4.79 Å². The summed E-state index contributed by atoms with van der Waals surface area (Å²) >= 11 is 1.55. The molecule has 0 N–H and O–H groups in total. The molecular weight excluding hydrogens is 290 g/mol. The van der Waals surface area contributed by atoms with Crippen molar-refractivity contribution in [2.75, 3.05) is 7.11 Å². The fourth-order valence-corrected chi connectivity index (χ4v) is 3.01. The molecule has 21 heavy (non-hydrogen) atoms. The zero-order valence-electron chi connectivity index (χ0n) is 12.3. The summed E-state index contributed by atoms with van der Waals surface area (Å²) in [6.07, 6.45) is 2.41. The van der Waals surface area contributed by atoms with Crippen LogP contribution in [0.15, 0.2) is 15.6 Å². The van der Waals surface area contributed by atoms with Crippen molar-refractivity contribution in [2.45, 2.75) is 36.6 Å². The number of thioether (sulfide) groups is 1. The number of aromatic nitrogens is 3. The standard InChI is InChI=1S/C14H17N3O3S/c1-8-11(13(18)19-3)6-10(20-8)7-21-14-16-15-12(17(14)2)9-4-5-9/h6,9H,4-5,7H2,1-3H3. The van der Waals surface area contributed by atoms with Crippen molar-refractivity contribution in [1.82, 2.24) is 14.8 Å². The average molecular weight is 307 g/mol. The molecule has 0 unspecified atom stereocenters. The average Bonchev–Trinajstić information content (AvgIpc) is 3.15. The molecule has 1 fully saturated rings. The number of hydrogen-bond donors (Lipinski definition) is 0. The van der Waals surface area contributed by atoms with Gasteiger partial charge in [0.2, 0.25) is 0 Å². The van der Waals surface area contributed by atoms with E-state index in [1.165, 1.54) is 20.0 Å². The zero-order chi connectivity index (χ0) is 15.0. The molecule has 2 aromatic heterocycles. The summed E-state index contributed by atoms with van der Waals surface area (Å²) in [7, 11) is 3.35. The lowest BCUT2D eigenvalue weighted by Crippen LogP contribution is -2.00. The molecule has 7 heteroatoms. The van der Waals surface area contributed by atoms with Gasteiger partial charge in [-0.2, -0.15) is 0 Å². The van der Waals surface area contributed by atoms with Crippen LogP contribution >= 0.6 is 11.8 Å². The number of ether oxygens (including phenoxy) is 1. The predicted molar refractivity (Wildman–Crippen MR) is 77.3 cm³/mol. The lowest BCUT2D eigenvalue weighted by Gasteiger charge is -2.01. The van der Waals surface area contributed by atoms with Gasteiger partial charge in [-0.15, -0.1) is 10.2 Å². The van der Waals surface area contributed by atoms with Gasteiger partial charge >= 0.3 is 5.97 Å². The summed E-state index contributed by atoms with van der Waals surface area (Å²) in [6, 6.07) is 1.73. The largest absolute Gasteiger partial charge is 0.465 e. The molecule has 0 aromatic carbocycles. The number of carbonyl (C=O) groups is 1. The van der Waals surface area contributed by atoms with Crippen LogP contribution < -0.4 is 0 Å². The Bertz CT molecular complexity index is 673. The Morgan fingerprint density at radius 2 is 2.29 bits per heavy atom. The first-order valence-electron chi connectivity index (χ1n) is 6.80. The van der Waals surface area contributed by atoms with Gasteiger partial charge < -0.3 is 13.7 Å². The fourth-order valence-electron chi connectivity index (χ4n) is 2.21. The van der Waals surface area contributed by atoms with E-state index in [-0.39, 0.29) is 5.97 Å². The molecule has 3 rings (SSSR count). The molecule has 1 aliphatic rings. The van der Waals surface area contributed by atoms with Crippen LogP contribution in [0.4, 0.5) is 0 Å². The number of aryl methyl sites for hydroxylation is 1. The van der Waals surface area contributed by atoms with Gasteiger partial charge in [0.05, 0.1) is 12.9 Å². The van der Waals surface area contributed by atoms with E-state index in [1.807, 2.05) is 11.6 Å². The number of hydrogen-bond acceptors (Lipinski definition) is 6. The zero-order valence-corrected chi connectivity index (χ0v) is 13.1. The van der Waals surface area contributed by atoms with Crippen LogP contribution in [0.25, 0.3) is 0 Å². The topological polar surface area (TPSA) is 70.2 Å². The van der Waals surface area contributed by atoms with Crippen molar-refractivity contribution in [3.05, 3.63) is 29.0 Å². The van der Waals surface area contributed by atoms with Crippen molar-refractivity contribution in [3.63, 3.8) is 0 Å². The van der Waals surface area contributed by atoms with E-state index in [0.717, 1.165) is 16.7 Å². The van der Waals surface area contributed by atoms with Crippen molar-refractivity contribution < 1.29 is 13.9 Å². The Labute approximate surface area is 126 Å². The number of esters is 1. The van der Waals surface area contributed by atoms with E-state index < -0.39 is 0 Å². The number of nitrogens with zero attached hydrogens (tertiary/aromatic N) is 3. The SMILES string of the molecule is COC(=O)c1cc(CSc2nnc(C3CC3)n2C)oc1C. The second-order valence-corrected chi connectivity index (χ2v) is 6.08. The fraction of sp³-hybridized carbons (Fsp3) is 0.500. The maximum Gasteiger partial charge on any atom is 0.341 e. The Balaban J connectivity index is 1.69. The first kappa shape index (κ1) is 14.2. The van der Waals surface area contributed by atoms with Crippen LogP contribution in [-0.2, 0) is 17.5 Å². The second kappa shape index (κ2) is 5.55. The smallest absolute Gasteiger partial charge is 0.341 e. The lowest BCUT2D eigenvalue weighted by molar-refractivity contribution is 0.0599. The van der Waals surface area contributed by atoms with Gasteiger partial charge in [-0.25, -0.2) is 4.79 Å². The summed E-state index contributed by atoms with van der Waals surface area (Å²) in [5.41, 5.74) is 0.477. The third kappa shape index (κ3) is 2.83. The Morgan fingerprint density at radius 3 is 2.95 bits per heavy atom. The maximum absolute atomic E-state index is 11.5. The van der Waals surface area contributed by atoms with Gasteiger partial charge in [0.15, 0.2) is 5.16 Å². The quantitative estimate of drug-likeness (QED) is 0.625. The highest BCUT2D eigenvalue weighted by Crippen LogP contribution is 2.39. The van der Waals surface area contributed by atoms with Crippen LogP contribution in [-0.4, -0.2) is 27.8 Å². The van der Waals surface area contributed by atoms with Gasteiger partial charge in [-0.3, -0.25) is 0 Å². The highest BCUT2D eigenvalue weighted by molar-refractivity contribution is 7.98. The molecule has 2 heterocycles. The van der Waals surface area contributed by atoms with Crippen LogP contribution in [0.2, 0.25) is 0 Å². The van der Waals surface area contributed by atoms with Crippen LogP contribution in [0, 0.1) is 6.92 Å². The molecule has 0 spiro atoms. The Kier molecular flexibility index (Phi) is 3.75. The minimum atomic E-state index is -0.373. The van der Waals surface area contributed by atoms with Crippen molar-refractivity contribution in [1.29, 1.82) is 0 Å². The second-order valence-electron chi connectivity index (χ2n) is 5.14. The molecule has 0 amide bonds. The molecule has 6 nitrogen and oxygen atoms in total. The van der Waals surface area contributed by atoms with Gasteiger partial charge in [0.25, 0.3) is 0 Å². The number of furan rings is 1. The summed E-state index contributed by atoms with van der Waals surface area (Å²) in [5.74, 6) is 3.18. The van der Waals surface area contributed by atoms with E-state index in [2.05, 4.69) is 10.2 Å². The van der Waals surface area contributed by atoms with E-state index >= 15 is 0 Å². The lowest BCUT2D eigenvalue weighted by atomic mass is 10.2. The number of rotatable bonds is 5. The summed E-state index contributed by atoms with van der Waals surface area (Å²) in [4.78, 5) is 11.5. The summed E-state index contributed by atoms with van der Waals surface area (Å²) in [5, 5.41) is 9.32.